The van der Waals surface area contributed by atoms with Crippen LogP contribution in [0.1, 0.15) is 0 Å². The van der Waals surface area contributed by atoms with E-state index in [9.17, 15) is 0 Å². The van der Waals surface area contributed by atoms with E-state index in [1.54, 1.807) is 39.5 Å². The number of nitrogens with zero attached hydrogens (tertiary/aromatic N) is 1. The zero-order valence-electron chi connectivity index (χ0n) is 12.8. The molecule has 0 fully saturated rings. The SMILES string of the molecule is COc1ccc(OC)c2c(OC)c(N[C]=NO)cc(OC)c12. The second kappa shape index (κ2) is 6.75. The normalized spacial score (nSPS) is 10.7. The van der Waals surface area contributed by atoms with E-state index in [-0.39, 0.29) is 0 Å². The first-order valence-corrected chi connectivity index (χ1v) is 6.36. The van der Waals surface area contributed by atoms with Crippen LogP contribution in [-0.4, -0.2) is 40.0 Å². The summed E-state index contributed by atoms with van der Waals surface area (Å²) in [4.78, 5) is 0. The fourth-order valence-corrected chi connectivity index (χ4v) is 2.33. The summed E-state index contributed by atoms with van der Waals surface area (Å²) in [7, 11) is 6.22. The molecule has 2 aromatic carbocycles. The van der Waals surface area contributed by atoms with Gasteiger partial charge in [-0.2, -0.15) is 0 Å². The van der Waals surface area contributed by atoms with E-state index in [2.05, 4.69) is 16.8 Å². The average Bonchev–Trinajstić information content (AvgIpc) is 2.57. The maximum absolute atomic E-state index is 8.55. The Kier molecular flexibility index (Phi) is 4.77. The molecule has 7 heteroatoms. The van der Waals surface area contributed by atoms with Gasteiger partial charge in [-0.15, -0.1) is 0 Å². The lowest BCUT2D eigenvalue weighted by atomic mass is 10.0. The first-order valence-electron chi connectivity index (χ1n) is 6.36. The van der Waals surface area contributed by atoms with Crippen LogP contribution >= 0.6 is 0 Å². The number of methoxy groups -OCH3 is 4. The molecule has 0 bridgehead atoms. The highest BCUT2D eigenvalue weighted by Gasteiger charge is 2.20. The monoisotopic (exact) mass is 305 g/mol. The van der Waals surface area contributed by atoms with Crippen molar-refractivity contribution in [1.82, 2.24) is 0 Å². The van der Waals surface area contributed by atoms with E-state index in [0.29, 0.717) is 39.5 Å². The Balaban J connectivity index is 2.91. The van der Waals surface area contributed by atoms with Crippen molar-refractivity contribution in [3.05, 3.63) is 18.2 Å². The Morgan fingerprint density at radius 1 is 0.909 bits per heavy atom. The van der Waals surface area contributed by atoms with Gasteiger partial charge < -0.3 is 29.5 Å². The first-order chi connectivity index (χ1) is 10.7. The molecule has 0 unspecified atom stereocenters. The maximum Gasteiger partial charge on any atom is 0.216 e. The van der Waals surface area contributed by atoms with Gasteiger partial charge in [-0.05, 0) is 12.1 Å². The van der Waals surface area contributed by atoms with Crippen LogP contribution in [0.5, 0.6) is 23.0 Å². The summed E-state index contributed by atoms with van der Waals surface area (Å²) in [6, 6.07) is 5.26. The molecule has 0 aliphatic carbocycles. The molecule has 0 saturated heterocycles. The number of hydrogen-bond acceptors (Lipinski definition) is 6. The van der Waals surface area contributed by atoms with Crippen LogP contribution in [-0.2, 0) is 0 Å². The maximum atomic E-state index is 8.55. The molecule has 0 aliphatic rings. The number of anilines is 1. The molecule has 2 rings (SSSR count). The fourth-order valence-electron chi connectivity index (χ4n) is 2.33. The second-order valence-electron chi connectivity index (χ2n) is 4.22. The van der Waals surface area contributed by atoms with Gasteiger partial charge in [0.2, 0.25) is 6.34 Å². The number of benzene rings is 2. The fraction of sp³-hybridized carbons (Fsp3) is 0.267. The molecule has 0 atom stereocenters. The molecule has 0 aromatic heterocycles. The zero-order valence-corrected chi connectivity index (χ0v) is 12.8. The molecule has 2 aromatic rings. The average molecular weight is 305 g/mol. The molecule has 0 saturated carbocycles. The van der Waals surface area contributed by atoms with Gasteiger partial charge in [0.15, 0.2) is 5.75 Å². The van der Waals surface area contributed by atoms with Crippen LogP contribution in [0.2, 0.25) is 0 Å². The molecule has 1 radical (unpaired) electrons. The summed E-state index contributed by atoms with van der Waals surface area (Å²) in [5, 5.41) is 15.4. The predicted molar refractivity (Wildman–Crippen MR) is 83.0 cm³/mol. The largest absolute Gasteiger partial charge is 0.496 e. The summed E-state index contributed by atoms with van der Waals surface area (Å²) in [5.41, 5.74) is 0.510. The highest BCUT2D eigenvalue weighted by molar-refractivity contribution is 6.06. The molecule has 0 aliphatic heterocycles. The number of rotatable bonds is 6. The van der Waals surface area contributed by atoms with Crippen molar-refractivity contribution in [2.24, 2.45) is 5.16 Å². The Morgan fingerprint density at radius 2 is 1.50 bits per heavy atom. The molecule has 0 amide bonds. The Hall–Kier alpha value is -2.83. The van der Waals surface area contributed by atoms with Crippen LogP contribution in [0.25, 0.3) is 10.8 Å². The van der Waals surface area contributed by atoms with Crippen LogP contribution in [0.15, 0.2) is 23.4 Å². The third kappa shape index (κ3) is 2.52. The lowest BCUT2D eigenvalue weighted by Gasteiger charge is -2.18. The summed E-state index contributed by atoms with van der Waals surface area (Å²) >= 11 is 0. The van der Waals surface area contributed by atoms with Crippen LogP contribution in [0, 0.1) is 0 Å². The van der Waals surface area contributed by atoms with Crippen molar-refractivity contribution in [2.75, 3.05) is 33.8 Å². The lowest BCUT2D eigenvalue weighted by molar-refractivity contribution is 0.321. The number of fused-ring (bicyclic) bond motifs is 1. The summed E-state index contributed by atoms with van der Waals surface area (Å²) in [6.07, 6.45) is 2.24. The Bertz CT molecular complexity index is 700. The number of nitrogens with one attached hydrogen (secondary N) is 1. The van der Waals surface area contributed by atoms with Gasteiger partial charge in [-0.3, -0.25) is 0 Å². The van der Waals surface area contributed by atoms with Crippen molar-refractivity contribution in [3.8, 4) is 23.0 Å². The molecular weight excluding hydrogens is 288 g/mol. The second-order valence-corrected chi connectivity index (χ2v) is 4.22. The standard InChI is InChI=1S/C15H17N2O5/c1-19-10-5-6-11(20-2)14-13(10)12(21-3)7-9(15(14)22-4)16-8-17-18/h5-7,18H,1-4H3,(H,16,17). The van der Waals surface area contributed by atoms with Gasteiger partial charge >= 0.3 is 0 Å². The van der Waals surface area contributed by atoms with Gasteiger partial charge in [0.1, 0.15) is 17.2 Å². The van der Waals surface area contributed by atoms with Crippen LogP contribution in [0.3, 0.4) is 0 Å². The van der Waals surface area contributed by atoms with E-state index < -0.39 is 0 Å². The minimum absolute atomic E-state index is 0.489. The minimum Gasteiger partial charge on any atom is -0.496 e. The molecular formula is C15H17N2O5. The third-order valence-electron chi connectivity index (χ3n) is 3.23. The smallest absolute Gasteiger partial charge is 0.216 e. The number of hydrogen-bond donors (Lipinski definition) is 2. The topological polar surface area (TPSA) is 81.5 Å². The molecule has 7 nitrogen and oxygen atoms in total. The van der Waals surface area contributed by atoms with E-state index in [1.165, 1.54) is 7.11 Å². The van der Waals surface area contributed by atoms with Crippen molar-refractivity contribution in [1.29, 1.82) is 0 Å². The summed E-state index contributed by atoms with van der Waals surface area (Å²) < 4.78 is 21.7. The van der Waals surface area contributed by atoms with E-state index >= 15 is 0 Å². The van der Waals surface area contributed by atoms with Gasteiger partial charge in [0, 0.05) is 6.07 Å². The van der Waals surface area contributed by atoms with Crippen LogP contribution in [0.4, 0.5) is 5.69 Å². The van der Waals surface area contributed by atoms with Crippen molar-refractivity contribution in [3.63, 3.8) is 0 Å². The Morgan fingerprint density at radius 3 is 2.00 bits per heavy atom. The molecule has 117 valence electrons. The van der Waals surface area contributed by atoms with Crippen molar-refractivity contribution >= 4 is 22.8 Å². The minimum atomic E-state index is 0.489. The summed E-state index contributed by atoms with van der Waals surface area (Å²) in [6.45, 7) is 0. The van der Waals surface area contributed by atoms with Gasteiger partial charge in [0.05, 0.1) is 44.9 Å². The van der Waals surface area contributed by atoms with Gasteiger partial charge in [-0.25, -0.2) is 0 Å². The van der Waals surface area contributed by atoms with Gasteiger partial charge in [0.25, 0.3) is 0 Å². The van der Waals surface area contributed by atoms with Crippen LogP contribution < -0.4 is 24.3 Å². The molecule has 0 heterocycles. The van der Waals surface area contributed by atoms with E-state index in [0.717, 1.165) is 0 Å². The van der Waals surface area contributed by atoms with E-state index in [1.807, 2.05) is 0 Å². The molecule has 0 spiro atoms. The quantitative estimate of drug-likeness (QED) is 0.281. The first kappa shape index (κ1) is 15.6. The van der Waals surface area contributed by atoms with Gasteiger partial charge in [-0.1, -0.05) is 5.16 Å². The van der Waals surface area contributed by atoms with E-state index in [4.69, 9.17) is 24.2 Å². The third-order valence-corrected chi connectivity index (χ3v) is 3.23. The predicted octanol–water partition coefficient (Wildman–Crippen LogP) is 2.58. The van der Waals surface area contributed by atoms with Crippen molar-refractivity contribution < 1.29 is 24.2 Å². The highest BCUT2D eigenvalue weighted by atomic mass is 16.5. The zero-order chi connectivity index (χ0) is 16.1. The summed E-state index contributed by atoms with van der Waals surface area (Å²) in [5.74, 6) is 2.25. The lowest BCUT2D eigenvalue weighted by Crippen LogP contribution is -2.02. The van der Waals surface area contributed by atoms with Crippen molar-refractivity contribution in [2.45, 2.75) is 0 Å². The molecule has 2 N–H and O–H groups in total. The molecule has 22 heavy (non-hydrogen) atoms. The Labute approximate surface area is 128 Å². The number of ether oxygens (including phenoxy) is 4. The highest BCUT2D eigenvalue weighted by Crippen LogP contribution is 2.48.